The van der Waals surface area contributed by atoms with Crippen LogP contribution in [-0.2, 0) is 11.2 Å². The SMILES string of the molecule is Cc1cccc(CC(=O)Nc2cccc3c(=O)[nH][nH]c(=O)c23)c1. The summed E-state index contributed by atoms with van der Waals surface area (Å²) in [5.74, 6) is -0.247. The molecule has 116 valence electrons. The molecule has 0 saturated carbocycles. The fourth-order valence-corrected chi connectivity index (χ4v) is 2.54. The van der Waals surface area contributed by atoms with Crippen molar-refractivity contribution in [1.29, 1.82) is 0 Å². The maximum atomic E-state index is 12.2. The standard InChI is InChI=1S/C17H15N3O3/c1-10-4-2-5-11(8-10)9-14(21)18-13-7-3-6-12-15(13)17(23)20-19-16(12)22/h2-8H,9H2,1H3,(H,18,21)(H,19,22)(H,20,23). The Hall–Kier alpha value is -3.15. The van der Waals surface area contributed by atoms with Gasteiger partial charge >= 0.3 is 0 Å². The number of benzene rings is 2. The number of fused-ring (bicyclic) bond motifs is 1. The normalized spacial score (nSPS) is 10.7. The van der Waals surface area contributed by atoms with E-state index in [1.54, 1.807) is 18.2 Å². The Morgan fingerprint density at radius 3 is 2.57 bits per heavy atom. The molecule has 3 N–H and O–H groups in total. The highest BCUT2D eigenvalue weighted by Crippen LogP contribution is 2.17. The van der Waals surface area contributed by atoms with Crippen LogP contribution in [0.2, 0.25) is 0 Å². The van der Waals surface area contributed by atoms with Crippen LogP contribution in [0.3, 0.4) is 0 Å². The van der Waals surface area contributed by atoms with E-state index in [1.165, 1.54) is 0 Å². The topological polar surface area (TPSA) is 94.8 Å². The van der Waals surface area contributed by atoms with Gasteiger partial charge in [-0.3, -0.25) is 24.6 Å². The summed E-state index contributed by atoms with van der Waals surface area (Å²) in [4.78, 5) is 35.9. The van der Waals surface area contributed by atoms with Gasteiger partial charge in [-0.1, -0.05) is 35.9 Å². The lowest BCUT2D eigenvalue weighted by Gasteiger charge is -2.08. The predicted molar refractivity (Wildman–Crippen MR) is 88.7 cm³/mol. The second kappa shape index (κ2) is 5.92. The molecule has 3 aromatic rings. The molecule has 0 bridgehead atoms. The lowest BCUT2D eigenvalue weighted by Crippen LogP contribution is -2.22. The summed E-state index contributed by atoms with van der Waals surface area (Å²) in [6.07, 6.45) is 0.194. The third-order valence-electron chi connectivity index (χ3n) is 3.55. The highest BCUT2D eigenvalue weighted by atomic mass is 16.2. The van der Waals surface area contributed by atoms with Crippen molar-refractivity contribution in [2.24, 2.45) is 0 Å². The first kappa shape index (κ1) is 14.8. The number of amides is 1. The van der Waals surface area contributed by atoms with E-state index in [0.29, 0.717) is 5.69 Å². The molecule has 1 heterocycles. The van der Waals surface area contributed by atoms with Gasteiger partial charge in [-0.25, -0.2) is 0 Å². The Balaban J connectivity index is 1.93. The largest absolute Gasteiger partial charge is 0.325 e. The van der Waals surface area contributed by atoms with Crippen molar-refractivity contribution in [3.8, 4) is 0 Å². The van der Waals surface area contributed by atoms with Gasteiger partial charge in [0.2, 0.25) is 5.91 Å². The molecule has 1 aromatic heterocycles. The Bertz CT molecular complexity index is 1000. The molecule has 0 atom stereocenters. The van der Waals surface area contributed by atoms with E-state index >= 15 is 0 Å². The fraction of sp³-hybridized carbons (Fsp3) is 0.118. The summed E-state index contributed by atoms with van der Waals surface area (Å²) < 4.78 is 0. The average Bonchev–Trinajstić information content (AvgIpc) is 2.51. The molecule has 0 saturated heterocycles. The van der Waals surface area contributed by atoms with Crippen LogP contribution in [0.1, 0.15) is 11.1 Å². The van der Waals surface area contributed by atoms with Crippen molar-refractivity contribution in [2.45, 2.75) is 13.3 Å². The molecule has 1 amide bonds. The summed E-state index contributed by atoms with van der Waals surface area (Å²) in [6.45, 7) is 1.96. The molecule has 0 radical (unpaired) electrons. The maximum Gasteiger partial charge on any atom is 0.272 e. The minimum atomic E-state index is -0.453. The van der Waals surface area contributed by atoms with Crippen LogP contribution in [0.4, 0.5) is 5.69 Å². The van der Waals surface area contributed by atoms with Gasteiger partial charge in [0.05, 0.1) is 22.9 Å². The first-order valence-electron chi connectivity index (χ1n) is 7.13. The van der Waals surface area contributed by atoms with Gasteiger partial charge in [-0.15, -0.1) is 0 Å². The smallest absolute Gasteiger partial charge is 0.272 e. The van der Waals surface area contributed by atoms with Crippen molar-refractivity contribution in [3.63, 3.8) is 0 Å². The highest BCUT2D eigenvalue weighted by Gasteiger charge is 2.11. The Morgan fingerprint density at radius 1 is 1.04 bits per heavy atom. The van der Waals surface area contributed by atoms with E-state index < -0.39 is 11.1 Å². The fourth-order valence-electron chi connectivity index (χ4n) is 2.54. The van der Waals surface area contributed by atoms with Crippen LogP contribution in [-0.4, -0.2) is 16.1 Å². The van der Waals surface area contributed by atoms with E-state index in [-0.39, 0.29) is 23.1 Å². The van der Waals surface area contributed by atoms with Crippen LogP contribution in [0.25, 0.3) is 10.8 Å². The summed E-state index contributed by atoms with van der Waals surface area (Å²) >= 11 is 0. The molecule has 0 aliphatic carbocycles. The van der Waals surface area contributed by atoms with Crippen molar-refractivity contribution in [2.75, 3.05) is 5.32 Å². The number of aromatic amines is 2. The third-order valence-corrected chi connectivity index (χ3v) is 3.55. The molecule has 6 nitrogen and oxygen atoms in total. The number of aryl methyl sites for hydroxylation is 1. The van der Waals surface area contributed by atoms with Gasteiger partial charge in [-0.2, -0.15) is 0 Å². The van der Waals surface area contributed by atoms with Crippen molar-refractivity contribution in [1.82, 2.24) is 10.2 Å². The summed E-state index contributed by atoms with van der Waals surface area (Å²) in [5, 5.41) is 7.65. The van der Waals surface area contributed by atoms with Crippen LogP contribution < -0.4 is 16.4 Å². The molecule has 6 heteroatoms. The van der Waals surface area contributed by atoms with Gasteiger partial charge in [0, 0.05) is 0 Å². The number of H-pyrrole nitrogens is 2. The first-order chi connectivity index (χ1) is 11.0. The van der Waals surface area contributed by atoms with Gasteiger partial charge in [0.15, 0.2) is 0 Å². The van der Waals surface area contributed by atoms with Crippen molar-refractivity contribution in [3.05, 3.63) is 74.3 Å². The lowest BCUT2D eigenvalue weighted by atomic mass is 10.1. The third kappa shape index (κ3) is 3.06. The average molecular weight is 309 g/mol. The van der Waals surface area contributed by atoms with Crippen LogP contribution in [0.15, 0.2) is 52.1 Å². The number of hydrogen-bond acceptors (Lipinski definition) is 3. The van der Waals surface area contributed by atoms with Crippen LogP contribution in [0, 0.1) is 6.92 Å². The van der Waals surface area contributed by atoms with Crippen LogP contribution >= 0.6 is 0 Å². The molecule has 23 heavy (non-hydrogen) atoms. The highest BCUT2D eigenvalue weighted by molar-refractivity contribution is 6.01. The zero-order chi connectivity index (χ0) is 16.4. The van der Waals surface area contributed by atoms with Gasteiger partial charge in [0.1, 0.15) is 0 Å². The molecule has 0 aliphatic heterocycles. The number of carbonyl (C=O) groups is 1. The Labute approximate surface area is 131 Å². The summed E-state index contributed by atoms with van der Waals surface area (Å²) in [6, 6.07) is 12.4. The Kier molecular flexibility index (Phi) is 3.80. The zero-order valence-electron chi connectivity index (χ0n) is 12.5. The number of rotatable bonds is 3. The van der Waals surface area contributed by atoms with E-state index in [0.717, 1.165) is 11.1 Å². The van der Waals surface area contributed by atoms with Crippen molar-refractivity contribution < 1.29 is 4.79 Å². The van der Waals surface area contributed by atoms with Crippen molar-refractivity contribution >= 4 is 22.4 Å². The minimum Gasteiger partial charge on any atom is -0.325 e. The van der Waals surface area contributed by atoms with E-state index in [4.69, 9.17) is 0 Å². The van der Waals surface area contributed by atoms with E-state index in [1.807, 2.05) is 31.2 Å². The molecule has 0 aliphatic rings. The molecular formula is C17H15N3O3. The van der Waals surface area contributed by atoms with Gasteiger partial charge < -0.3 is 5.32 Å². The monoisotopic (exact) mass is 309 g/mol. The minimum absolute atomic E-state index is 0.175. The lowest BCUT2D eigenvalue weighted by molar-refractivity contribution is -0.115. The summed E-state index contributed by atoms with van der Waals surface area (Å²) in [5.41, 5.74) is 1.42. The number of hydrogen-bond donors (Lipinski definition) is 3. The number of anilines is 1. The number of nitrogens with one attached hydrogen (secondary N) is 3. The Morgan fingerprint density at radius 2 is 1.78 bits per heavy atom. The second-order valence-corrected chi connectivity index (χ2v) is 5.35. The molecule has 2 aromatic carbocycles. The molecule has 0 spiro atoms. The number of aromatic nitrogens is 2. The zero-order valence-corrected chi connectivity index (χ0v) is 12.5. The molecule has 3 rings (SSSR count). The van der Waals surface area contributed by atoms with Gasteiger partial charge in [0.25, 0.3) is 11.1 Å². The quantitative estimate of drug-likeness (QED) is 0.687. The number of carbonyl (C=O) groups excluding carboxylic acids is 1. The molecule has 0 unspecified atom stereocenters. The maximum absolute atomic E-state index is 12.2. The molecule has 0 fully saturated rings. The van der Waals surface area contributed by atoms with E-state index in [2.05, 4.69) is 15.5 Å². The van der Waals surface area contributed by atoms with E-state index in [9.17, 15) is 14.4 Å². The second-order valence-electron chi connectivity index (χ2n) is 5.35. The predicted octanol–water partition coefficient (Wildman–Crippen LogP) is 1.71. The molecular weight excluding hydrogens is 294 g/mol. The first-order valence-corrected chi connectivity index (χ1v) is 7.13. The van der Waals surface area contributed by atoms with Gasteiger partial charge in [-0.05, 0) is 24.6 Å². The van der Waals surface area contributed by atoms with Crippen LogP contribution in [0.5, 0.6) is 0 Å². The summed E-state index contributed by atoms with van der Waals surface area (Å²) in [7, 11) is 0.